The molecule has 2 bridgehead atoms. The molecule has 2 aromatic carbocycles. The largest absolute Gasteiger partial charge is 0.497 e. The van der Waals surface area contributed by atoms with E-state index in [0.717, 1.165) is 43.4 Å². The summed E-state index contributed by atoms with van der Waals surface area (Å²) < 4.78 is 5.20. The first kappa shape index (κ1) is 27.5. The van der Waals surface area contributed by atoms with Crippen molar-refractivity contribution in [2.75, 3.05) is 58.2 Å². The van der Waals surface area contributed by atoms with Gasteiger partial charge in [0, 0.05) is 62.1 Å². The number of anilines is 1. The van der Waals surface area contributed by atoms with Crippen molar-refractivity contribution in [3.8, 4) is 5.75 Å². The zero-order valence-electron chi connectivity index (χ0n) is 23.2. The summed E-state index contributed by atoms with van der Waals surface area (Å²) in [7, 11) is 1.62. The molecule has 3 amide bonds. The van der Waals surface area contributed by atoms with E-state index in [-0.39, 0.29) is 11.9 Å². The van der Waals surface area contributed by atoms with Crippen molar-refractivity contribution in [2.45, 2.75) is 26.7 Å². The minimum atomic E-state index is -0.0919. The smallest absolute Gasteiger partial charge is 0.322 e. The van der Waals surface area contributed by atoms with Crippen LogP contribution in [0.3, 0.4) is 0 Å². The molecule has 2 atom stereocenters. The van der Waals surface area contributed by atoms with E-state index < -0.39 is 0 Å². The van der Waals surface area contributed by atoms with E-state index >= 15 is 0 Å². The molecule has 208 valence electrons. The number of halogens is 1. The average molecular weight is 551 g/mol. The quantitative estimate of drug-likeness (QED) is 0.432. The van der Waals surface area contributed by atoms with Crippen molar-refractivity contribution >= 4 is 29.2 Å². The topological polar surface area (TPSA) is 65.1 Å². The molecule has 2 aromatic rings. The second-order valence-electron chi connectivity index (χ2n) is 11.5. The third kappa shape index (κ3) is 6.10. The van der Waals surface area contributed by atoms with Gasteiger partial charge in [0.2, 0.25) is 0 Å². The second kappa shape index (κ2) is 11.6. The van der Waals surface area contributed by atoms with Crippen molar-refractivity contribution < 1.29 is 14.3 Å². The molecule has 1 saturated heterocycles. The molecule has 1 saturated carbocycles. The van der Waals surface area contributed by atoms with Gasteiger partial charge < -0.3 is 19.9 Å². The molecule has 3 aliphatic carbocycles. The number of rotatable bonds is 8. The molecule has 1 heterocycles. The van der Waals surface area contributed by atoms with Crippen LogP contribution in [0.15, 0.2) is 60.2 Å². The average Bonchev–Trinajstić information content (AvgIpc) is 2.96. The molecule has 8 heteroatoms. The van der Waals surface area contributed by atoms with Crippen LogP contribution >= 0.6 is 11.6 Å². The summed E-state index contributed by atoms with van der Waals surface area (Å²) in [5.74, 6) is 2.10. The molecule has 1 N–H and O–H groups in total. The highest BCUT2D eigenvalue weighted by Gasteiger charge is 2.51. The van der Waals surface area contributed by atoms with Gasteiger partial charge in [-0.05, 0) is 78.6 Å². The van der Waals surface area contributed by atoms with Gasteiger partial charge in [0.05, 0.1) is 7.11 Å². The monoisotopic (exact) mass is 550 g/mol. The highest BCUT2D eigenvalue weighted by Crippen LogP contribution is 2.59. The number of hydrogen-bond donors (Lipinski definition) is 1. The maximum absolute atomic E-state index is 13.4. The molecule has 7 nitrogen and oxygen atoms in total. The third-order valence-corrected chi connectivity index (χ3v) is 9.27. The summed E-state index contributed by atoms with van der Waals surface area (Å²) in [4.78, 5) is 32.6. The van der Waals surface area contributed by atoms with Crippen molar-refractivity contribution in [1.82, 2.24) is 14.7 Å². The summed E-state index contributed by atoms with van der Waals surface area (Å²) in [5, 5.41) is 3.71. The Kier molecular flexibility index (Phi) is 8.19. The predicted molar refractivity (Wildman–Crippen MR) is 155 cm³/mol. The zero-order valence-corrected chi connectivity index (χ0v) is 23.9. The Morgan fingerprint density at radius 1 is 1.05 bits per heavy atom. The lowest BCUT2D eigenvalue weighted by Gasteiger charge is -2.57. The zero-order chi connectivity index (χ0) is 27.6. The van der Waals surface area contributed by atoms with E-state index in [1.54, 1.807) is 19.2 Å². The molecule has 0 aromatic heterocycles. The fourth-order valence-corrected chi connectivity index (χ4v) is 6.34. The number of nitrogens with one attached hydrogen (secondary N) is 1. The van der Waals surface area contributed by atoms with Gasteiger partial charge in [-0.3, -0.25) is 9.69 Å². The van der Waals surface area contributed by atoms with Gasteiger partial charge in [-0.2, -0.15) is 0 Å². The Hall–Kier alpha value is -3.03. The van der Waals surface area contributed by atoms with E-state index in [9.17, 15) is 9.59 Å². The van der Waals surface area contributed by atoms with Crippen LogP contribution in [0.2, 0.25) is 5.02 Å². The van der Waals surface area contributed by atoms with Crippen LogP contribution in [-0.2, 0) is 0 Å². The highest BCUT2D eigenvalue weighted by atomic mass is 35.5. The number of urea groups is 1. The van der Waals surface area contributed by atoms with Gasteiger partial charge in [-0.1, -0.05) is 37.1 Å². The Bertz CT molecular complexity index is 1200. The van der Waals surface area contributed by atoms with Gasteiger partial charge >= 0.3 is 6.03 Å². The Balaban J connectivity index is 1.19. The molecule has 2 fully saturated rings. The number of carbonyl (C=O) groups is 2. The van der Waals surface area contributed by atoms with Gasteiger partial charge in [-0.15, -0.1) is 0 Å². The normalized spacial score (nSPS) is 21.9. The SMILES string of the molecule is COc1ccc(C(=O)N2CCN(CCN(CC3=CCC4CC3C4(C)C)C(=O)Nc3ccc(Cl)cc3)CC2)cc1. The minimum absolute atomic E-state index is 0.0481. The molecular formula is C31H39ClN4O3. The summed E-state index contributed by atoms with van der Waals surface area (Å²) in [6.45, 7) is 9.68. The van der Waals surface area contributed by atoms with E-state index in [1.165, 1.54) is 12.0 Å². The standard InChI is InChI=1S/C31H39ClN4O3/c1-31(2)24-7-4-23(28(31)20-24)21-36(30(38)33-26-10-8-25(32)9-11-26)19-16-34-14-17-35(18-15-34)29(37)22-5-12-27(39-3)13-6-22/h4-6,8-13,24,28H,7,14-21H2,1-3H3,(H,33,38). The fourth-order valence-electron chi connectivity index (χ4n) is 6.22. The van der Waals surface area contributed by atoms with Crippen molar-refractivity contribution in [1.29, 1.82) is 0 Å². The van der Waals surface area contributed by atoms with E-state index in [0.29, 0.717) is 48.1 Å². The number of amides is 3. The van der Waals surface area contributed by atoms with Crippen LogP contribution in [0, 0.1) is 17.3 Å². The lowest BCUT2D eigenvalue weighted by atomic mass is 9.49. The van der Waals surface area contributed by atoms with Crippen molar-refractivity contribution in [2.24, 2.45) is 17.3 Å². The molecule has 39 heavy (non-hydrogen) atoms. The maximum atomic E-state index is 13.4. The van der Waals surface area contributed by atoms with Gasteiger partial charge in [0.1, 0.15) is 5.75 Å². The van der Waals surface area contributed by atoms with Crippen LogP contribution in [0.1, 0.15) is 37.0 Å². The molecule has 4 aliphatic rings. The number of nitrogens with zero attached hydrogens (tertiary/aromatic N) is 3. The Labute approximate surface area is 236 Å². The number of allylic oxidation sites excluding steroid dienone is 1. The van der Waals surface area contributed by atoms with Crippen LogP contribution in [0.4, 0.5) is 10.5 Å². The first-order valence-corrected chi connectivity index (χ1v) is 14.3. The summed E-state index contributed by atoms with van der Waals surface area (Å²) >= 11 is 6.03. The highest BCUT2D eigenvalue weighted by molar-refractivity contribution is 6.30. The number of ether oxygens (including phenoxy) is 1. The number of piperazine rings is 1. The van der Waals surface area contributed by atoms with Gasteiger partial charge in [0.15, 0.2) is 0 Å². The first-order chi connectivity index (χ1) is 18.7. The van der Waals surface area contributed by atoms with Crippen molar-refractivity contribution in [3.63, 3.8) is 0 Å². The number of methoxy groups -OCH3 is 1. The van der Waals surface area contributed by atoms with Crippen molar-refractivity contribution in [3.05, 3.63) is 70.8 Å². The number of hydrogen-bond acceptors (Lipinski definition) is 4. The molecular weight excluding hydrogens is 512 g/mol. The predicted octanol–water partition coefficient (Wildman–Crippen LogP) is 5.63. The lowest BCUT2D eigenvalue weighted by Crippen LogP contribution is -2.52. The molecule has 0 spiro atoms. The minimum Gasteiger partial charge on any atom is -0.497 e. The van der Waals surface area contributed by atoms with E-state index in [4.69, 9.17) is 16.3 Å². The van der Waals surface area contributed by atoms with Crippen LogP contribution in [0.5, 0.6) is 5.75 Å². The number of benzene rings is 2. The lowest BCUT2D eigenvalue weighted by molar-refractivity contribution is -0.00970. The summed E-state index contributed by atoms with van der Waals surface area (Å²) in [5.41, 5.74) is 3.12. The molecule has 0 radical (unpaired) electrons. The number of carbonyl (C=O) groups excluding carboxylic acids is 2. The van der Waals surface area contributed by atoms with E-state index in [1.807, 2.05) is 46.2 Å². The summed E-state index contributed by atoms with van der Waals surface area (Å²) in [6.07, 6.45) is 4.71. The molecule has 1 aliphatic heterocycles. The fraction of sp³-hybridized carbons (Fsp3) is 0.484. The first-order valence-electron chi connectivity index (χ1n) is 13.9. The van der Waals surface area contributed by atoms with Crippen LogP contribution in [-0.4, -0.2) is 79.6 Å². The third-order valence-electron chi connectivity index (χ3n) is 9.02. The Morgan fingerprint density at radius 2 is 1.74 bits per heavy atom. The molecule has 2 unspecified atom stereocenters. The molecule has 6 rings (SSSR count). The van der Waals surface area contributed by atoms with E-state index in [2.05, 4.69) is 30.1 Å². The Morgan fingerprint density at radius 3 is 2.36 bits per heavy atom. The number of fused-ring (bicyclic) bond motifs is 1. The van der Waals surface area contributed by atoms with Crippen LogP contribution < -0.4 is 10.1 Å². The van der Waals surface area contributed by atoms with Crippen LogP contribution in [0.25, 0.3) is 0 Å². The second-order valence-corrected chi connectivity index (χ2v) is 12.0. The summed E-state index contributed by atoms with van der Waals surface area (Å²) in [6, 6.07) is 14.4. The van der Waals surface area contributed by atoms with Gasteiger partial charge in [-0.25, -0.2) is 4.79 Å². The maximum Gasteiger partial charge on any atom is 0.322 e. The van der Waals surface area contributed by atoms with Gasteiger partial charge in [0.25, 0.3) is 5.91 Å².